The summed E-state index contributed by atoms with van der Waals surface area (Å²) in [4.78, 5) is 23.5. The fourth-order valence-electron chi connectivity index (χ4n) is 1.37. The van der Waals surface area contributed by atoms with Crippen LogP contribution in [0, 0.1) is 0 Å². The van der Waals surface area contributed by atoms with E-state index in [0.717, 1.165) is 0 Å². The van der Waals surface area contributed by atoms with Crippen molar-refractivity contribution in [2.45, 2.75) is 13.0 Å². The fraction of sp³-hybridized carbons (Fsp3) is 0.333. The van der Waals surface area contributed by atoms with Crippen LogP contribution in [0.25, 0.3) is 0 Å². The minimum atomic E-state index is -0.686. The lowest BCUT2D eigenvalue weighted by atomic mass is 10.2. The van der Waals surface area contributed by atoms with Crippen LogP contribution in [0.15, 0.2) is 18.2 Å². The standard InChI is InChI=1S/C12H15Cl2N3O2/c1-7(11(18)16-6-5-15)17-12(19)8-3-2-4-9(13)10(8)14/h2-4,7H,5-6,15H2,1H3,(H,16,18)(H,17,19). The van der Waals surface area contributed by atoms with Gasteiger partial charge in [-0.25, -0.2) is 0 Å². The molecule has 2 amide bonds. The predicted octanol–water partition coefficient (Wildman–Crippen LogP) is 1.19. The molecule has 0 spiro atoms. The molecule has 0 bridgehead atoms. The lowest BCUT2D eigenvalue weighted by molar-refractivity contribution is -0.122. The van der Waals surface area contributed by atoms with Gasteiger partial charge in [0, 0.05) is 13.1 Å². The van der Waals surface area contributed by atoms with Crippen molar-refractivity contribution in [2.75, 3.05) is 13.1 Å². The predicted molar refractivity (Wildman–Crippen MR) is 75.5 cm³/mol. The Morgan fingerprint density at radius 1 is 1.37 bits per heavy atom. The van der Waals surface area contributed by atoms with Crippen molar-refractivity contribution in [1.82, 2.24) is 10.6 Å². The number of nitrogens with two attached hydrogens (primary N) is 1. The summed E-state index contributed by atoms with van der Waals surface area (Å²) >= 11 is 11.7. The largest absolute Gasteiger partial charge is 0.353 e. The molecular weight excluding hydrogens is 289 g/mol. The number of carbonyl (C=O) groups excluding carboxylic acids is 2. The Hall–Kier alpha value is -1.30. The van der Waals surface area contributed by atoms with Gasteiger partial charge < -0.3 is 16.4 Å². The van der Waals surface area contributed by atoms with Gasteiger partial charge in [-0.3, -0.25) is 9.59 Å². The van der Waals surface area contributed by atoms with Gasteiger partial charge in [-0.2, -0.15) is 0 Å². The Morgan fingerprint density at radius 3 is 2.68 bits per heavy atom. The zero-order valence-corrected chi connectivity index (χ0v) is 11.9. The molecule has 0 aliphatic carbocycles. The van der Waals surface area contributed by atoms with Crippen LogP contribution in [0.5, 0.6) is 0 Å². The second kappa shape index (κ2) is 7.33. The molecule has 0 heterocycles. The van der Waals surface area contributed by atoms with Crippen LogP contribution in [0.3, 0.4) is 0 Å². The molecule has 0 fully saturated rings. The maximum Gasteiger partial charge on any atom is 0.253 e. The second-order valence-electron chi connectivity index (χ2n) is 3.88. The molecule has 1 atom stereocenters. The number of benzene rings is 1. The van der Waals surface area contributed by atoms with E-state index >= 15 is 0 Å². The van der Waals surface area contributed by atoms with Crippen molar-refractivity contribution in [1.29, 1.82) is 0 Å². The van der Waals surface area contributed by atoms with E-state index < -0.39 is 11.9 Å². The molecule has 1 aromatic rings. The molecule has 19 heavy (non-hydrogen) atoms. The Balaban J connectivity index is 2.69. The van der Waals surface area contributed by atoms with Gasteiger partial charge in [0.2, 0.25) is 5.91 Å². The third-order valence-electron chi connectivity index (χ3n) is 2.38. The highest BCUT2D eigenvalue weighted by molar-refractivity contribution is 6.43. The SMILES string of the molecule is CC(NC(=O)c1cccc(Cl)c1Cl)C(=O)NCCN. The van der Waals surface area contributed by atoms with E-state index in [1.165, 1.54) is 6.07 Å². The van der Waals surface area contributed by atoms with Crippen LogP contribution in [-0.4, -0.2) is 30.9 Å². The zero-order chi connectivity index (χ0) is 14.4. The van der Waals surface area contributed by atoms with Gasteiger partial charge in [-0.1, -0.05) is 29.3 Å². The van der Waals surface area contributed by atoms with E-state index in [9.17, 15) is 9.59 Å². The summed E-state index contributed by atoms with van der Waals surface area (Å²) < 4.78 is 0. The molecule has 0 radical (unpaired) electrons. The molecule has 0 aliphatic rings. The highest BCUT2D eigenvalue weighted by Crippen LogP contribution is 2.25. The minimum absolute atomic E-state index is 0.163. The van der Waals surface area contributed by atoms with Crippen molar-refractivity contribution in [2.24, 2.45) is 5.73 Å². The first-order valence-corrected chi connectivity index (χ1v) is 6.45. The number of hydrogen-bond donors (Lipinski definition) is 3. The van der Waals surface area contributed by atoms with Crippen molar-refractivity contribution in [3.05, 3.63) is 33.8 Å². The summed E-state index contributed by atoms with van der Waals surface area (Å²) in [5.74, 6) is -0.764. The fourth-order valence-corrected chi connectivity index (χ4v) is 1.75. The second-order valence-corrected chi connectivity index (χ2v) is 4.66. The number of amides is 2. The normalized spacial score (nSPS) is 11.8. The lowest BCUT2D eigenvalue weighted by Crippen LogP contribution is -2.46. The van der Waals surface area contributed by atoms with Gasteiger partial charge in [0.15, 0.2) is 0 Å². The average molecular weight is 304 g/mol. The highest BCUT2D eigenvalue weighted by Gasteiger charge is 2.18. The van der Waals surface area contributed by atoms with Crippen molar-refractivity contribution >= 4 is 35.0 Å². The molecule has 1 rings (SSSR count). The quantitative estimate of drug-likeness (QED) is 0.764. The van der Waals surface area contributed by atoms with E-state index in [4.69, 9.17) is 28.9 Å². The molecule has 0 saturated carbocycles. The summed E-state index contributed by atoms with van der Waals surface area (Å²) in [6.45, 7) is 2.27. The Morgan fingerprint density at radius 2 is 2.05 bits per heavy atom. The van der Waals surface area contributed by atoms with Crippen LogP contribution in [-0.2, 0) is 4.79 Å². The average Bonchev–Trinajstić information content (AvgIpc) is 2.38. The molecule has 1 unspecified atom stereocenters. The van der Waals surface area contributed by atoms with Gasteiger partial charge in [0.25, 0.3) is 5.91 Å². The van der Waals surface area contributed by atoms with E-state index in [2.05, 4.69) is 10.6 Å². The van der Waals surface area contributed by atoms with Crippen LogP contribution in [0.4, 0.5) is 0 Å². The van der Waals surface area contributed by atoms with Gasteiger partial charge >= 0.3 is 0 Å². The molecule has 7 heteroatoms. The van der Waals surface area contributed by atoms with Gasteiger partial charge in [0.05, 0.1) is 15.6 Å². The maximum absolute atomic E-state index is 11.9. The van der Waals surface area contributed by atoms with Crippen molar-refractivity contribution < 1.29 is 9.59 Å². The number of carbonyl (C=O) groups is 2. The Kier molecular flexibility index (Phi) is 6.08. The van der Waals surface area contributed by atoms with Crippen molar-refractivity contribution in [3.8, 4) is 0 Å². The summed E-state index contributed by atoms with van der Waals surface area (Å²) in [7, 11) is 0. The molecule has 1 aromatic carbocycles. The first-order chi connectivity index (χ1) is 8.97. The van der Waals surface area contributed by atoms with E-state index in [1.54, 1.807) is 19.1 Å². The summed E-state index contributed by atoms with van der Waals surface area (Å²) in [5.41, 5.74) is 5.50. The topological polar surface area (TPSA) is 84.2 Å². The van der Waals surface area contributed by atoms with Gasteiger partial charge in [-0.15, -0.1) is 0 Å². The molecule has 104 valence electrons. The molecule has 0 aliphatic heterocycles. The smallest absolute Gasteiger partial charge is 0.253 e. The first kappa shape index (κ1) is 15.8. The van der Waals surface area contributed by atoms with Crippen LogP contribution in [0.1, 0.15) is 17.3 Å². The molecule has 0 saturated heterocycles. The third kappa shape index (κ3) is 4.38. The van der Waals surface area contributed by atoms with Crippen LogP contribution in [0.2, 0.25) is 10.0 Å². The monoisotopic (exact) mass is 303 g/mol. The van der Waals surface area contributed by atoms with Crippen LogP contribution >= 0.6 is 23.2 Å². The number of halogens is 2. The van der Waals surface area contributed by atoms with Gasteiger partial charge in [-0.05, 0) is 19.1 Å². The number of nitrogens with one attached hydrogen (secondary N) is 2. The summed E-state index contributed by atoms with van der Waals surface area (Å²) in [6, 6.07) is 4.04. The first-order valence-electron chi connectivity index (χ1n) is 5.70. The summed E-state index contributed by atoms with van der Waals surface area (Å²) in [5, 5.41) is 5.57. The Bertz CT molecular complexity index is 480. The number of rotatable bonds is 5. The molecule has 5 nitrogen and oxygen atoms in total. The number of hydrogen-bond acceptors (Lipinski definition) is 3. The van der Waals surface area contributed by atoms with Gasteiger partial charge in [0.1, 0.15) is 6.04 Å². The summed E-state index contributed by atoms with van der Waals surface area (Å²) in [6.07, 6.45) is 0. The molecule has 4 N–H and O–H groups in total. The highest BCUT2D eigenvalue weighted by atomic mass is 35.5. The minimum Gasteiger partial charge on any atom is -0.353 e. The van der Waals surface area contributed by atoms with Crippen molar-refractivity contribution in [3.63, 3.8) is 0 Å². The molecular formula is C12H15Cl2N3O2. The van der Waals surface area contributed by atoms with Crippen LogP contribution < -0.4 is 16.4 Å². The lowest BCUT2D eigenvalue weighted by Gasteiger charge is -2.14. The van der Waals surface area contributed by atoms with E-state index in [-0.39, 0.29) is 21.5 Å². The third-order valence-corrected chi connectivity index (χ3v) is 3.20. The zero-order valence-electron chi connectivity index (χ0n) is 10.4. The Labute approximate surface area is 121 Å². The van der Waals surface area contributed by atoms with E-state index in [0.29, 0.717) is 13.1 Å². The van der Waals surface area contributed by atoms with E-state index in [1.807, 2.05) is 0 Å². The maximum atomic E-state index is 11.9. The molecule has 0 aromatic heterocycles.